The van der Waals surface area contributed by atoms with Crippen molar-refractivity contribution in [2.75, 3.05) is 25.1 Å². The van der Waals surface area contributed by atoms with Gasteiger partial charge in [-0.25, -0.2) is 8.42 Å². The molecule has 24 heavy (non-hydrogen) atoms. The molecule has 0 fully saturated rings. The summed E-state index contributed by atoms with van der Waals surface area (Å²) >= 11 is 12.8. The minimum atomic E-state index is -3.51. The maximum Gasteiger partial charge on any atom is 0.218 e. The number of sulfonamides is 1. The maximum atomic E-state index is 12.7. The van der Waals surface area contributed by atoms with Gasteiger partial charge in [-0.05, 0) is 36.5 Å². The Hall–Kier alpha value is -0.340. The molecule has 0 saturated carbocycles. The fourth-order valence-corrected chi connectivity index (χ4v) is 4.86. The first-order chi connectivity index (χ1) is 11.4. The Morgan fingerprint density at radius 3 is 2.54 bits per heavy atom. The van der Waals surface area contributed by atoms with Gasteiger partial charge in [-0.15, -0.1) is 0 Å². The molecule has 0 aliphatic rings. The number of thioether (sulfide) groups is 1. The van der Waals surface area contributed by atoms with Crippen LogP contribution in [0.3, 0.4) is 0 Å². The number of benzene rings is 1. The number of unbranched alkanes of at least 4 members (excludes halogenated alkanes) is 3. The van der Waals surface area contributed by atoms with Gasteiger partial charge in [-0.1, -0.05) is 54.9 Å². The normalized spacial score (nSPS) is 11.8. The van der Waals surface area contributed by atoms with Crippen molar-refractivity contribution in [3.05, 3.63) is 34.9 Å². The van der Waals surface area contributed by atoms with Crippen molar-refractivity contribution in [3.8, 4) is 0 Å². The van der Waals surface area contributed by atoms with Crippen LogP contribution in [-0.4, -0.2) is 42.8 Å². The van der Waals surface area contributed by atoms with E-state index in [9.17, 15) is 8.42 Å². The van der Waals surface area contributed by atoms with E-state index in [1.807, 2.05) is 11.8 Å². The van der Waals surface area contributed by atoms with Crippen LogP contribution in [0.5, 0.6) is 0 Å². The van der Waals surface area contributed by atoms with Crippen LogP contribution in [-0.2, 0) is 15.8 Å². The first kappa shape index (κ1) is 21.7. The lowest BCUT2D eigenvalue weighted by Gasteiger charge is -2.22. The van der Waals surface area contributed by atoms with E-state index in [0.717, 1.165) is 31.4 Å². The summed E-state index contributed by atoms with van der Waals surface area (Å²) in [5, 5.41) is 0.452. The summed E-state index contributed by atoms with van der Waals surface area (Å²) in [6.45, 7) is 0.510. The van der Waals surface area contributed by atoms with Crippen LogP contribution in [0.25, 0.3) is 0 Å². The Morgan fingerprint density at radius 2 is 1.92 bits per heavy atom. The lowest BCUT2D eigenvalue weighted by atomic mass is 10.2. The summed E-state index contributed by atoms with van der Waals surface area (Å²) in [4.78, 5) is 0.181. The smallest absolute Gasteiger partial charge is 0.218 e. The first-order valence-corrected chi connectivity index (χ1v) is 11.6. The second-order valence-corrected chi connectivity index (χ2v) is 9.44. The van der Waals surface area contributed by atoms with Gasteiger partial charge in [0.05, 0.1) is 17.3 Å². The first-order valence-electron chi connectivity index (χ1n) is 7.85. The average Bonchev–Trinajstić information content (AvgIpc) is 2.51. The molecule has 0 saturated heterocycles. The largest absolute Gasteiger partial charge is 0.392 e. The van der Waals surface area contributed by atoms with E-state index in [1.54, 1.807) is 24.3 Å². The van der Waals surface area contributed by atoms with Gasteiger partial charge in [0.2, 0.25) is 10.0 Å². The highest BCUT2D eigenvalue weighted by Gasteiger charge is 2.23. The predicted molar refractivity (Wildman–Crippen MR) is 109 cm³/mol. The lowest BCUT2D eigenvalue weighted by Crippen LogP contribution is -2.39. The van der Waals surface area contributed by atoms with Gasteiger partial charge in [-0.2, -0.15) is 16.1 Å². The topological polar surface area (TPSA) is 63.4 Å². The number of rotatable bonds is 12. The van der Waals surface area contributed by atoms with Crippen molar-refractivity contribution >= 4 is 50.6 Å². The molecule has 0 heterocycles. The highest BCUT2D eigenvalue weighted by molar-refractivity contribution is 7.98. The molecule has 0 unspecified atom stereocenters. The molecule has 0 bridgehead atoms. The van der Waals surface area contributed by atoms with Crippen molar-refractivity contribution in [2.24, 2.45) is 5.73 Å². The van der Waals surface area contributed by atoms with E-state index in [2.05, 4.69) is 6.26 Å². The van der Waals surface area contributed by atoms with Crippen LogP contribution in [0.15, 0.2) is 24.3 Å². The molecule has 1 aromatic carbocycles. The van der Waals surface area contributed by atoms with Gasteiger partial charge in [0.15, 0.2) is 0 Å². The van der Waals surface area contributed by atoms with Crippen molar-refractivity contribution < 1.29 is 8.42 Å². The molecule has 8 heteroatoms. The SMILES string of the molecule is CSCCCCCCN(CC(N)=S)S(=O)(=O)Cc1ccccc1Cl. The van der Waals surface area contributed by atoms with Crippen LogP contribution in [0.1, 0.15) is 31.2 Å². The average molecular weight is 409 g/mol. The predicted octanol–water partition coefficient (Wildman–Crippen LogP) is 3.68. The third kappa shape index (κ3) is 8.16. The summed E-state index contributed by atoms with van der Waals surface area (Å²) < 4.78 is 26.8. The zero-order chi connectivity index (χ0) is 18.0. The number of thiocarbonyl (C=S) groups is 1. The molecule has 1 aromatic rings. The van der Waals surface area contributed by atoms with Gasteiger partial charge < -0.3 is 5.73 Å². The van der Waals surface area contributed by atoms with Gasteiger partial charge >= 0.3 is 0 Å². The van der Waals surface area contributed by atoms with E-state index in [0.29, 0.717) is 17.1 Å². The quantitative estimate of drug-likeness (QED) is 0.422. The highest BCUT2D eigenvalue weighted by atomic mass is 35.5. The van der Waals surface area contributed by atoms with E-state index in [4.69, 9.17) is 29.6 Å². The Morgan fingerprint density at radius 1 is 1.25 bits per heavy atom. The zero-order valence-electron chi connectivity index (χ0n) is 13.9. The molecule has 1 rings (SSSR count). The molecule has 0 aromatic heterocycles. The molecule has 0 aliphatic heterocycles. The molecule has 2 N–H and O–H groups in total. The third-order valence-electron chi connectivity index (χ3n) is 3.53. The van der Waals surface area contributed by atoms with Gasteiger partial charge in [0.25, 0.3) is 0 Å². The van der Waals surface area contributed by atoms with Gasteiger partial charge in [-0.3, -0.25) is 0 Å². The summed E-state index contributed by atoms with van der Waals surface area (Å²) in [6, 6.07) is 6.97. The highest BCUT2D eigenvalue weighted by Crippen LogP contribution is 2.20. The fraction of sp³-hybridized carbons (Fsp3) is 0.562. The van der Waals surface area contributed by atoms with Crippen LogP contribution < -0.4 is 5.73 Å². The van der Waals surface area contributed by atoms with E-state index >= 15 is 0 Å². The summed E-state index contributed by atoms with van der Waals surface area (Å²) in [5.74, 6) is 1.00. The zero-order valence-corrected chi connectivity index (χ0v) is 17.1. The number of hydrogen-bond acceptors (Lipinski definition) is 4. The molecule has 0 radical (unpaired) electrons. The van der Waals surface area contributed by atoms with E-state index in [1.165, 1.54) is 4.31 Å². The Kier molecular flexibility index (Phi) is 10.2. The van der Waals surface area contributed by atoms with Crippen molar-refractivity contribution in [1.82, 2.24) is 4.31 Å². The Bertz CT molecular complexity index is 624. The van der Waals surface area contributed by atoms with Crippen molar-refractivity contribution in [3.63, 3.8) is 0 Å². The molecule has 4 nitrogen and oxygen atoms in total. The Balaban J connectivity index is 2.67. The van der Waals surface area contributed by atoms with Crippen LogP contribution in [0, 0.1) is 0 Å². The number of nitrogens with two attached hydrogens (primary N) is 1. The Labute approximate surface area is 160 Å². The van der Waals surface area contributed by atoms with Crippen molar-refractivity contribution in [2.45, 2.75) is 31.4 Å². The number of halogens is 1. The minimum Gasteiger partial charge on any atom is -0.392 e. The van der Waals surface area contributed by atoms with E-state index < -0.39 is 10.0 Å². The standard InChI is InChI=1S/C16H25ClN2O2S3/c1-23-11-7-3-2-6-10-19(12-16(18)22)24(20,21)13-14-8-4-5-9-15(14)17/h4-5,8-9H,2-3,6-7,10-13H2,1H3,(H2,18,22). The molecule has 0 aliphatic carbocycles. The van der Waals surface area contributed by atoms with Gasteiger partial charge in [0.1, 0.15) is 0 Å². The van der Waals surface area contributed by atoms with E-state index in [-0.39, 0.29) is 17.3 Å². The van der Waals surface area contributed by atoms with Crippen LogP contribution in [0.4, 0.5) is 0 Å². The molecule has 0 spiro atoms. The molecular formula is C16H25ClN2O2S3. The number of hydrogen-bond donors (Lipinski definition) is 1. The number of nitrogens with zero attached hydrogens (tertiary/aromatic N) is 1. The molecule has 0 atom stereocenters. The van der Waals surface area contributed by atoms with Gasteiger partial charge in [0, 0.05) is 11.6 Å². The molecular weight excluding hydrogens is 384 g/mol. The second-order valence-electron chi connectivity index (χ2n) is 5.55. The summed E-state index contributed by atoms with van der Waals surface area (Å²) in [6.07, 6.45) is 6.15. The minimum absolute atomic E-state index is 0.0763. The van der Waals surface area contributed by atoms with Crippen LogP contribution >= 0.6 is 35.6 Å². The summed E-state index contributed by atoms with van der Waals surface area (Å²) in [7, 11) is -3.51. The second kappa shape index (κ2) is 11.3. The molecule has 0 amide bonds. The lowest BCUT2D eigenvalue weighted by molar-refractivity contribution is 0.433. The van der Waals surface area contributed by atoms with Crippen LogP contribution in [0.2, 0.25) is 5.02 Å². The monoisotopic (exact) mass is 408 g/mol. The molecule has 136 valence electrons. The summed E-state index contributed by atoms with van der Waals surface area (Å²) in [5.41, 5.74) is 6.17. The maximum absolute atomic E-state index is 12.7. The van der Waals surface area contributed by atoms with Crippen molar-refractivity contribution in [1.29, 1.82) is 0 Å². The fourth-order valence-electron chi connectivity index (χ4n) is 2.28. The third-order valence-corrected chi connectivity index (χ3v) is 6.50.